The zero-order valence-corrected chi connectivity index (χ0v) is 12.9. The molecule has 0 amide bonds. The third-order valence-corrected chi connectivity index (χ3v) is 5.45. The number of nitrogens with two attached hydrogens (primary N) is 1. The summed E-state index contributed by atoms with van der Waals surface area (Å²) in [5, 5.41) is 0.0453. The van der Waals surface area contributed by atoms with Crippen molar-refractivity contribution in [2.24, 2.45) is 5.73 Å². The summed E-state index contributed by atoms with van der Waals surface area (Å²) in [5.41, 5.74) is 6.27. The average Bonchev–Trinajstić information content (AvgIpc) is 2.48. The Hall–Kier alpha value is -0.670. The molecule has 1 fully saturated rings. The van der Waals surface area contributed by atoms with Gasteiger partial charge in [0.1, 0.15) is 0 Å². The van der Waals surface area contributed by atoms with Crippen LogP contribution in [0.1, 0.15) is 5.56 Å². The van der Waals surface area contributed by atoms with Crippen LogP contribution in [0.25, 0.3) is 0 Å². The van der Waals surface area contributed by atoms with Crippen LogP contribution in [0.5, 0.6) is 0 Å². The Morgan fingerprint density at radius 3 is 2.70 bits per heavy atom. The van der Waals surface area contributed by atoms with Crippen LogP contribution in [0, 0.1) is 0 Å². The van der Waals surface area contributed by atoms with Crippen LogP contribution in [0.4, 0.5) is 0 Å². The van der Waals surface area contributed by atoms with Gasteiger partial charge in [-0.15, -0.1) is 0 Å². The lowest BCUT2D eigenvalue weighted by molar-refractivity contribution is 0.307. The topological polar surface area (TPSA) is 88.3 Å². The van der Waals surface area contributed by atoms with E-state index in [4.69, 9.17) is 5.73 Å². The molecule has 1 aromatic heterocycles. The molecule has 0 aromatic carbocycles. The van der Waals surface area contributed by atoms with Gasteiger partial charge in [-0.05, 0) is 11.6 Å². The molecule has 1 aliphatic rings. The zero-order valence-electron chi connectivity index (χ0n) is 11.3. The molecule has 0 radical (unpaired) electrons. The van der Waals surface area contributed by atoms with Gasteiger partial charge in [-0.1, -0.05) is 6.07 Å². The van der Waals surface area contributed by atoms with Crippen molar-refractivity contribution >= 4 is 21.8 Å². The number of hydrogen-bond acceptors (Lipinski definition) is 6. The highest BCUT2D eigenvalue weighted by atomic mass is 32.2. The summed E-state index contributed by atoms with van der Waals surface area (Å²) in [6.45, 7) is 3.55. The Morgan fingerprint density at radius 1 is 1.35 bits per heavy atom. The first-order valence-electron chi connectivity index (χ1n) is 6.56. The molecule has 0 saturated carbocycles. The highest BCUT2D eigenvalue weighted by molar-refractivity contribution is 7.99. The quantitative estimate of drug-likeness (QED) is 0.760. The molecule has 2 heterocycles. The van der Waals surface area contributed by atoms with Crippen molar-refractivity contribution in [2.45, 2.75) is 11.6 Å². The molecule has 6 nitrogen and oxygen atoms in total. The number of aromatic nitrogens is 1. The summed E-state index contributed by atoms with van der Waals surface area (Å²) < 4.78 is 26.7. The van der Waals surface area contributed by atoms with Crippen molar-refractivity contribution in [3.05, 3.63) is 23.9 Å². The molecule has 0 atom stereocenters. The number of rotatable bonds is 6. The largest absolute Gasteiger partial charge is 0.326 e. The molecule has 0 bridgehead atoms. The van der Waals surface area contributed by atoms with Crippen LogP contribution in [-0.2, 0) is 16.6 Å². The maximum Gasteiger partial charge on any atom is 0.258 e. The van der Waals surface area contributed by atoms with E-state index >= 15 is 0 Å². The maximum atomic E-state index is 12.0. The summed E-state index contributed by atoms with van der Waals surface area (Å²) in [5.74, 6) is 2.24. The van der Waals surface area contributed by atoms with E-state index in [1.54, 1.807) is 6.07 Å². The molecule has 1 saturated heterocycles. The molecule has 112 valence electrons. The van der Waals surface area contributed by atoms with Gasteiger partial charge in [-0.3, -0.25) is 0 Å². The van der Waals surface area contributed by atoms with Gasteiger partial charge < -0.3 is 10.6 Å². The van der Waals surface area contributed by atoms with Gasteiger partial charge in [-0.25, -0.2) is 18.1 Å². The van der Waals surface area contributed by atoms with E-state index in [1.807, 2.05) is 11.8 Å². The van der Waals surface area contributed by atoms with E-state index in [-0.39, 0.29) is 5.03 Å². The van der Waals surface area contributed by atoms with Gasteiger partial charge in [-0.2, -0.15) is 11.8 Å². The number of thioether (sulfide) groups is 1. The van der Waals surface area contributed by atoms with E-state index in [0.29, 0.717) is 13.1 Å². The van der Waals surface area contributed by atoms with Crippen LogP contribution >= 0.6 is 11.8 Å². The number of hydrogen-bond donors (Lipinski definition) is 2. The van der Waals surface area contributed by atoms with Crippen molar-refractivity contribution in [2.75, 3.05) is 37.7 Å². The smallest absolute Gasteiger partial charge is 0.258 e. The Morgan fingerprint density at radius 2 is 2.10 bits per heavy atom. The van der Waals surface area contributed by atoms with Crippen LogP contribution in [0.15, 0.2) is 23.4 Å². The normalized spacial score (nSPS) is 17.2. The predicted molar refractivity (Wildman–Crippen MR) is 81.1 cm³/mol. The van der Waals surface area contributed by atoms with Crippen molar-refractivity contribution < 1.29 is 8.42 Å². The standard InChI is InChI=1S/C12H20N4O2S2/c13-9-11-1-2-12(14-10-11)20(17,18)15-3-4-16-5-7-19-8-6-16/h1-2,10,15H,3-9,13H2. The third kappa shape index (κ3) is 4.42. The number of pyridine rings is 1. The Balaban J connectivity index is 1.86. The van der Waals surface area contributed by atoms with E-state index in [2.05, 4.69) is 14.6 Å². The molecule has 0 aliphatic carbocycles. The number of sulfonamides is 1. The van der Waals surface area contributed by atoms with Crippen molar-refractivity contribution in [3.63, 3.8) is 0 Å². The molecule has 8 heteroatoms. The Labute approximate surface area is 124 Å². The molecule has 3 N–H and O–H groups in total. The van der Waals surface area contributed by atoms with Crippen molar-refractivity contribution in [1.29, 1.82) is 0 Å². The molecular weight excluding hydrogens is 296 g/mol. The van der Waals surface area contributed by atoms with E-state index in [9.17, 15) is 8.42 Å². The molecule has 1 aromatic rings. The van der Waals surface area contributed by atoms with Crippen LogP contribution in [0.2, 0.25) is 0 Å². The number of nitrogens with zero attached hydrogens (tertiary/aromatic N) is 2. The van der Waals surface area contributed by atoms with Gasteiger partial charge in [0.2, 0.25) is 0 Å². The van der Waals surface area contributed by atoms with Gasteiger partial charge >= 0.3 is 0 Å². The predicted octanol–water partition coefficient (Wildman–Crippen LogP) is -0.133. The second kappa shape index (κ2) is 7.37. The third-order valence-electron chi connectivity index (χ3n) is 3.13. The molecule has 20 heavy (non-hydrogen) atoms. The van der Waals surface area contributed by atoms with Gasteiger partial charge in [0, 0.05) is 50.4 Å². The minimum absolute atomic E-state index is 0.0453. The average molecular weight is 316 g/mol. The lowest BCUT2D eigenvalue weighted by Crippen LogP contribution is -2.39. The minimum atomic E-state index is -3.52. The maximum absolute atomic E-state index is 12.0. The molecule has 2 rings (SSSR count). The summed E-state index contributed by atoms with van der Waals surface area (Å²) >= 11 is 1.94. The lowest BCUT2D eigenvalue weighted by Gasteiger charge is -2.25. The second-order valence-electron chi connectivity index (χ2n) is 4.56. The summed E-state index contributed by atoms with van der Waals surface area (Å²) in [7, 11) is -3.52. The SMILES string of the molecule is NCc1ccc(S(=O)(=O)NCCN2CCSCC2)nc1. The van der Waals surface area contributed by atoms with E-state index in [0.717, 1.165) is 36.7 Å². The van der Waals surface area contributed by atoms with Gasteiger partial charge in [0.15, 0.2) is 5.03 Å². The van der Waals surface area contributed by atoms with Gasteiger partial charge in [0.05, 0.1) is 0 Å². The molecule has 0 spiro atoms. The van der Waals surface area contributed by atoms with Crippen molar-refractivity contribution in [1.82, 2.24) is 14.6 Å². The fraction of sp³-hybridized carbons (Fsp3) is 0.583. The molecule has 1 aliphatic heterocycles. The molecule has 0 unspecified atom stereocenters. The Bertz CT molecular complexity index is 513. The summed E-state index contributed by atoms with van der Waals surface area (Å²) in [6, 6.07) is 3.17. The number of nitrogens with one attached hydrogen (secondary N) is 1. The van der Waals surface area contributed by atoms with Gasteiger partial charge in [0.25, 0.3) is 10.0 Å². The minimum Gasteiger partial charge on any atom is -0.326 e. The summed E-state index contributed by atoms with van der Waals surface area (Å²) in [4.78, 5) is 6.21. The van der Waals surface area contributed by atoms with E-state index < -0.39 is 10.0 Å². The fourth-order valence-corrected chi connectivity index (χ4v) is 3.85. The van der Waals surface area contributed by atoms with Crippen LogP contribution < -0.4 is 10.5 Å². The first-order chi connectivity index (χ1) is 9.62. The highest BCUT2D eigenvalue weighted by Crippen LogP contribution is 2.09. The zero-order chi connectivity index (χ0) is 14.4. The second-order valence-corrected chi connectivity index (χ2v) is 7.50. The fourth-order valence-electron chi connectivity index (χ4n) is 1.93. The van der Waals surface area contributed by atoms with Crippen LogP contribution in [-0.4, -0.2) is 56.0 Å². The van der Waals surface area contributed by atoms with Crippen molar-refractivity contribution in [3.8, 4) is 0 Å². The highest BCUT2D eigenvalue weighted by Gasteiger charge is 2.16. The van der Waals surface area contributed by atoms with E-state index in [1.165, 1.54) is 12.3 Å². The van der Waals surface area contributed by atoms with Crippen LogP contribution in [0.3, 0.4) is 0 Å². The summed E-state index contributed by atoms with van der Waals surface area (Å²) in [6.07, 6.45) is 1.50. The Kier molecular flexibility index (Phi) is 5.79. The first kappa shape index (κ1) is 15.7. The first-order valence-corrected chi connectivity index (χ1v) is 9.20. The molecular formula is C12H20N4O2S2. The monoisotopic (exact) mass is 316 g/mol. The lowest BCUT2D eigenvalue weighted by atomic mass is 10.3.